The lowest BCUT2D eigenvalue weighted by atomic mass is 9.85. The summed E-state index contributed by atoms with van der Waals surface area (Å²) in [4.78, 5) is 0. The van der Waals surface area contributed by atoms with E-state index in [0.717, 1.165) is 0 Å². The maximum atomic E-state index is 13.9. The van der Waals surface area contributed by atoms with Gasteiger partial charge in [-0.25, -0.2) is 8.78 Å². The van der Waals surface area contributed by atoms with Crippen LogP contribution in [0.3, 0.4) is 0 Å². The molecular formula is C13H20F2N2. The van der Waals surface area contributed by atoms with Gasteiger partial charge in [0.15, 0.2) is 0 Å². The number of nitrogens with two attached hydrogens (primary N) is 1. The molecule has 0 aliphatic heterocycles. The summed E-state index contributed by atoms with van der Waals surface area (Å²) in [5.41, 5.74) is 2.89. The number of nitrogens with one attached hydrogen (secondary N) is 1. The highest BCUT2D eigenvalue weighted by molar-refractivity contribution is 5.29. The second kappa shape index (κ2) is 5.10. The third-order valence-corrected chi connectivity index (χ3v) is 2.69. The molecule has 96 valence electrons. The van der Waals surface area contributed by atoms with E-state index in [2.05, 4.69) is 5.43 Å². The van der Waals surface area contributed by atoms with Gasteiger partial charge in [-0.3, -0.25) is 11.3 Å². The molecule has 1 aromatic carbocycles. The molecule has 1 atom stereocenters. The maximum Gasteiger partial charge on any atom is 0.133 e. The lowest BCUT2D eigenvalue weighted by molar-refractivity contribution is 0.303. The van der Waals surface area contributed by atoms with E-state index in [0.29, 0.717) is 12.0 Å². The monoisotopic (exact) mass is 242 g/mol. The van der Waals surface area contributed by atoms with Gasteiger partial charge < -0.3 is 0 Å². The minimum absolute atomic E-state index is 0.0300. The second-order valence-corrected chi connectivity index (χ2v) is 5.58. The van der Waals surface area contributed by atoms with Gasteiger partial charge in [0.25, 0.3) is 0 Å². The van der Waals surface area contributed by atoms with E-state index in [1.807, 2.05) is 20.8 Å². The third-order valence-electron chi connectivity index (χ3n) is 2.69. The van der Waals surface area contributed by atoms with Crippen LogP contribution in [-0.4, -0.2) is 0 Å². The highest BCUT2D eigenvalue weighted by Gasteiger charge is 2.25. The standard InChI is InChI=1S/C13H20F2N2/c1-8-5-6-9(14)11(12(8)15)10(17-16)7-13(2,3)4/h5-6,10,17H,7,16H2,1-4H3. The molecule has 0 aromatic heterocycles. The van der Waals surface area contributed by atoms with Crippen LogP contribution < -0.4 is 11.3 Å². The Bertz CT molecular complexity index is 397. The van der Waals surface area contributed by atoms with Gasteiger partial charge in [-0.1, -0.05) is 26.8 Å². The summed E-state index contributed by atoms with van der Waals surface area (Å²) in [7, 11) is 0. The number of rotatable bonds is 3. The van der Waals surface area contributed by atoms with Crippen molar-refractivity contribution in [3.8, 4) is 0 Å². The van der Waals surface area contributed by atoms with Crippen LogP contribution >= 0.6 is 0 Å². The molecule has 0 spiro atoms. The van der Waals surface area contributed by atoms with Crippen LogP contribution in [0.1, 0.15) is 44.4 Å². The Morgan fingerprint density at radius 1 is 1.29 bits per heavy atom. The van der Waals surface area contributed by atoms with Crippen molar-refractivity contribution in [2.45, 2.75) is 40.2 Å². The first-order valence-corrected chi connectivity index (χ1v) is 5.67. The largest absolute Gasteiger partial charge is 0.271 e. The van der Waals surface area contributed by atoms with Gasteiger partial charge in [-0.2, -0.15) is 0 Å². The Labute approximate surface area is 101 Å². The van der Waals surface area contributed by atoms with E-state index >= 15 is 0 Å². The van der Waals surface area contributed by atoms with Crippen LogP contribution in [0.2, 0.25) is 0 Å². The molecule has 4 heteroatoms. The van der Waals surface area contributed by atoms with Gasteiger partial charge in [0.1, 0.15) is 11.6 Å². The minimum atomic E-state index is -0.555. The predicted octanol–water partition coefficient (Wildman–Crippen LogP) is 3.21. The molecule has 0 aliphatic carbocycles. The zero-order chi connectivity index (χ0) is 13.2. The van der Waals surface area contributed by atoms with Crippen molar-refractivity contribution in [2.24, 2.45) is 11.3 Å². The highest BCUT2D eigenvalue weighted by atomic mass is 19.1. The molecule has 0 aliphatic rings. The Morgan fingerprint density at radius 3 is 2.35 bits per heavy atom. The molecule has 3 N–H and O–H groups in total. The van der Waals surface area contributed by atoms with Crippen LogP contribution in [0.4, 0.5) is 8.78 Å². The summed E-state index contributed by atoms with van der Waals surface area (Å²) in [5, 5.41) is 0. The molecule has 0 heterocycles. The topological polar surface area (TPSA) is 38.0 Å². The number of hydrazine groups is 1. The summed E-state index contributed by atoms with van der Waals surface area (Å²) in [6.45, 7) is 7.62. The molecule has 0 amide bonds. The Kier molecular flexibility index (Phi) is 4.22. The van der Waals surface area contributed by atoms with E-state index in [9.17, 15) is 8.78 Å². The van der Waals surface area contributed by atoms with Gasteiger partial charge in [0, 0.05) is 5.56 Å². The molecule has 2 nitrogen and oxygen atoms in total. The molecule has 0 bridgehead atoms. The average molecular weight is 242 g/mol. The van der Waals surface area contributed by atoms with Crippen molar-refractivity contribution in [1.29, 1.82) is 0 Å². The average Bonchev–Trinajstić information content (AvgIpc) is 2.21. The lowest BCUT2D eigenvalue weighted by Crippen LogP contribution is -2.32. The zero-order valence-corrected chi connectivity index (χ0v) is 10.8. The van der Waals surface area contributed by atoms with Gasteiger partial charge in [-0.05, 0) is 30.4 Å². The normalized spacial score (nSPS) is 13.8. The summed E-state index contributed by atoms with van der Waals surface area (Å²) in [6.07, 6.45) is 0.556. The van der Waals surface area contributed by atoms with Gasteiger partial charge >= 0.3 is 0 Å². The van der Waals surface area contributed by atoms with Gasteiger partial charge in [0.05, 0.1) is 6.04 Å². The smallest absolute Gasteiger partial charge is 0.133 e. The lowest BCUT2D eigenvalue weighted by Gasteiger charge is -2.26. The second-order valence-electron chi connectivity index (χ2n) is 5.58. The minimum Gasteiger partial charge on any atom is -0.271 e. The van der Waals surface area contributed by atoms with Crippen LogP contribution in [0.15, 0.2) is 12.1 Å². The number of benzene rings is 1. The van der Waals surface area contributed by atoms with E-state index in [4.69, 9.17) is 5.84 Å². The van der Waals surface area contributed by atoms with Crippen LogP contribution in [0.25, 0.3) is 0 Å². The van der Waals surface area contributed by atoms with Crippen LogP contribution in [0.5, 0.6) is 0 Å². The van der Waals surface area contributed by atoms with Gasteiger partial charge in [-0.15, -0.1) is 0 Å². The van der Waals surface area contributed by atoms with Crippen molar-refractivity contribution in [2.75, 3.05) is 0 Å². The van der Waals surface area contributed by atoms with E-state index in [1.54, 1.807) is 6.92 Å². The van der Waals surface area contributed by atoms with Crippen molar-refractivity contribution >= 4 is 0 Å². The molecule has 0 fully saturated rings. The fraction of sp³-hybridized carbons (Fsp3) is 0.538. The quantitative estimate of drug-likeness (QED) is 0.631. The first-order valence-electron chi connectivity index (χ1n) is 5.67. The molecule has 1 aromatic rings. The van der Waals surface area contributed by atoms with E-state index in [1.165, 1.54) is 12.1 Å². The number of halogens is 2. The summed E-state index contributed by atoms with van der Waals surface area (Å²) >= 11 is 0. The molecular weight excluding hydrogens is 222 g/mol. The van der Waals surface area contributed by atoms with Crippen molar-refractivity contribution in [3.63, 3.8) is 0 Å². The highest BCUT2D eigenvalue weighted by Crippen LogP contribution is 2.32. The number of hydrogen-bond acceptors (Lipinski definition) is 2. The summed E-state index contributed by atoms with van der Waals surface area (Å²) < 4.78 is 27.6. The zero-order valence-electron chi connectivity index (χ0n) is 10.8. The maximum absolute atomic E-state index is 13.9. The van der Waals surface area contributed by atoms with Crippen LogP contribution in [-0.2, 0) is 0 Å². The molecule has 1 unspecified atom stereocenters. The fourth-order valence-electron chi connectivity index (χ4n) is 1.85. The molecule has 1 rings (SSSR count). The summed E-state index contributed by atoms with van der Waals surface area (Å²) in [5.74, 6) is 4.34. The molecule has 0 radical (unpaired) electrons. The van der Waals surface area contributed by atoms with Crippen LogP contribution in [0, 0.1) is 24.0 Å². The molecule has 0 saturated heterocycles. The first-order chi connectivity index (χ1) is 7.76. The number of hydrogen-bond donors (Lipinski definition) is 2. The van der Waals surface area contributed by atoms with Gasteiger partial charge in [0.2, 0.25) is 0 Å². The number of aryl methyl sites for hydroxylation is 1. The first kappa shape index (κ1) is 14.1. The predicted molar refractivity (Wildman–Crippen MR) is 65.2 cm³/mol. The van der Waals surface area contributed by atoms with E-state index < -0.39 is 17.7 Å². The Hall–Kier alpha value is -1.00. The van der Waals surface area contributed by atoms with Crippen molar-refractivity contribution < 1.29 is 8.78 Å². The van der Waals surface area contributed by atoms with Crippen molar-refractivity contribution in [3.05, 3.63) is 34.9 Å². The Balaban J connectivity index is 3.16. The van der Waals surface area contributed by atoms with Crippen molar-refractivity contribution in [1.82, 2.24) is 5.43 Å². The SMILES string of the molecule is Cc1ccc(F)c(C(CC(C)(C)C)NN)c1F. The summed E-state index contributed by atoms with van der Waals surface area (Å²) in [6, 6.07) is 2.19. The molecule has 0 saturated carbocycles. The van der Waals surface area contributed by atoms with E-state index in [-0.39, 0.29) is 11.0 Å². The Morgan fingerprint density at radius 2 is 1.88 bits per heavy atom. The third kappa shape index (κ3) is 3.48. The fourth-order valence-corrected chi connectivity index (χ4v) is 1.85. The molecule has 17 heavy (non-hydrogen) atoms.